The van der Waals surface area contributed by atoms with Gasteiger partial charge in [-0.2, -0.15) is 13.2 Å². The van der Waals surface area contributed by atoms with Crippen LogP contribution in [0.4, 0.5) is 13.2 Å². The van der Waals surface area contributed by atoms with Gasteiger partial charge in [0.1, 0.15) is 0 Å². The van der Waals surface area contributed by atoms with Gasteiger partial charge in [-0.15, -0.1) is 0 Å². The third-order valence-corrected chi connectivity index (χ3v) is 3.12. The first-order valence-electron chi connectivity index (χ1n) is 4.99. The fraction of sp³-hybridized carbons (Fsp3) is 0.455. The molecule has 2 N–H and O–H groups in total. The second kappa shape index (κ2) is 3.93. The molecule has 16 heavy (non-hydrogen) atoms. The molecule has 1 aromatic rings. The van der Waals surface area contributed by atoms with E-state index in [0.717, 1.165) is 12.5 Å². The summed E-state index contributed by atoms with van der Waals surface area (Å²) in [4.78, 5) is 0. The van der Waals surface area contributed by atoms with Crippen molar-refractivity contribution in [2.24, 2.45) is 11.7 Å². The molecule has 5 heteroatoms. The Labute approximate surface area is 96.4 Å². The fourth-order valence-corrected chi connectivity index (χ4v) is 2.15. The second-order valence-electron chi connectivity index (χ2n) is 4.11. The van der Waals surface area contributed by atoms with Gasteiger partial charge in [0.2, 0.25) is 0 Å². The summed E-state index contributed by atoms with van der Waals surface area (Å²) in [5.41, 5.74) is 5.43. The van der Waals surface area contributed by atoms with E-state index < -0.39 is 11.7 Å². The van der Waals surface area contributed by atoms with Gasteiger partial charge in [-0.1, -0.05) is 11.6 Å². The second-order valence-corrected chi connectivity index (χ2v) is 4.55. The van der Waals surface area contributed by atoms with Gasteiger partial charge in [0.25, 0.3) is 0 Å². The van der Waals surface area contributed by atoms with E-state index in [1.165, 1.54) is 6.07 Å². The lowest BCUT2D eigenvalue weighted by molar-refractivity contribution is -0.137. The number of hydrogen-bond donors (Lipinski definition) is 1. The molecule has 1 fully saturated rings. The van der Waals surface area contributed by atoms with Crippen LogP contribution in [0, 0.1) is 5.92 Å². The molecule has 0 amide bonds. The van der Waals surface area contributed by atoms with Gasteiger partial charge in [0.15, 0.2) is 0 Å². The third kappa shape index (κ3) is 2.33. The monoisotopic (exact) mass is 249 g/mol. The molecular formula is C11H11ClF3N. The maximum Gasteiger partial charge on any atom is 0.416 e. The van der Waals surface area contributed by atoms with Gasteiger partial charge in [0.05, 0.1) is 5.56 Å². The number of alkyl halides is 3. The molecule has 0 aliphatic heterocycles. The van der Waals surface area contributed by atoms with Crippen molar-refractivity contribution in [3.63, 3.8) is 0 Å². The van der Waals surface area contributed by atoms with Crippen LogP contribution < -0.4 is 5.73 Å². The van der Waals surface area contributed by atoms with Crippen LogP contribution in [-0.4, -0.2) is 6.54 Å². The zero-order valence-corrected chi connectivity index (χ0v) is 9.15. The average Bonchev–Trinajstić information content (AvgIpc) is 2.94. The first-order chi connectivity index (χ1) is 7.41. The van der Waals surface area contributed by atoms with Crippen molar-refractivity contribution in [1.29, 1.82) is 0 Å². The van der Waals surface area contributed by atoms with Crippen LogP contribution in [0.25, 0.3) is 0 Å². The van der Waals surface area contributed by atoms with Crippen molar-refractivity contribution in [3.8, 4) is 0 Å². The van der Waals surface area contributed by atoms with Crippen LogP contribution in [0.2, 0.25) is 5.02 Å². The standard InChI is InChI=1S/C11H11ClF3N/c12-9-2-6(10-3-7(10)5-16)1-8(4-9)11(13,14)15/h1-2,4,7,10H,3,5,16H2. The Bertz CT molecular complexity index is 403. The van der Waals surface area contributed by atoms with Crippen LogP contribution in [0.1, 0.15) is 23.5 Å². The van der Waals surface area contributed by atoms with Gasteiger partial charge in [-0.3, -0.25) is 0 Å². The van der Waals surface area contributed by atoms with Crippen molar-refractivity contribution >= 4 is 11.6 Å². The van der Waals surface area contributed by atoms with Crippen molar-refractivity contribution < 1.29 is 13.2 Å². The van der Waals surface area contributed by atoms with Gasteiger partial charge < -0.3 is 5.73 Å². The number of halogens is 4. The first-order valence-corrected chi connectivity index (χ1v) is 5.37. The van der Waals surface area contributed by atoms with Crippen LogP contribution in [0.5, 0.6) is 0 Å². The molecular weight excluding hydrogens is 239 g/mol. The Morgan fingerprint density at radius 2 is 2.00 bits per heavy atom. The minimum atomic E-state index is -4.34. The topological polar surface area (TPSA) is 26.0 Å². The molecule has 0 bridgehead atoms. The summed E-state index contributed by atoms with van der Waals surface area (Å²) in [5, 5.41) is 0.132. The normalized spacial score (nSPS) is 24.6. The Hall–Kier alpha value is -0.740. The van der Waals surface area contributed by atoms with E-state index >= 15 is 0 Å². The van der Waals surface area contributed by atoms with Gasteiger partial charge in [-0.25, -0.2) is 0 Å². The lowest BCUT2D eigenvalue weighted by Gasteiger charge is -2.09. The summed E-state index contributed by atoms with van der Waals surface area (Å²) in [6, 6.07) is 3.72. The Kier molecular flexibility index (Phi) is 2.88. The quantitative estimate of drug-likeness (QED) is 0.854. The Morgan fingerprint density at radius 1 is 1.31 bits per heavy atom. The molecule has 88 valence electrons. The van der Waals surface area contributed by atoms with Crippen molar-refractivity contribution in [3.05, 3.63) is 34.3 Å². The van der Waals surface area contributed by atoms with E-state index in [9.17, 15) is 13.2 Å². The molecule has 1 aromatic carbocycles. The molecule has 0 aromatic heterocycles. The average molecular weight is 250 g/mol. The molecule has 2 rings (SSSR count). The van der Waals surface area contributed by atoms with E-state index in [1.54, 1.807) is 6.07 Å². The minimum Gasteiger partial charge on any atom is -0.330 e. The number of nitrogens with two attached hydrogens (primary N) is 1. The summed E-state index contributed by atoms with van der Waals surface area (Å²) in [6.45, 7) is 0.512. The summed E-state index contributed by atoms with van der Waals surface area (Å²) in [7, 11) is 0. The highest BCUT2D eigenvalue weighted by atomic mass is 35.5. The highest BCUT2D eigenvalue weighted by Gasteiger charge is 2.39. The van der Waals surface area contributed by atoms with E-state index in [-0.39, 0.29) is 10.9 Å². The van der Waals surface area contributed by atoms with Crippen LogP contribution in [0.3, 0.4) is 0 Å². The molecule has 1 saturated carbocycles. The van der Waals surface area contributed by atoms with Crippen molar-refractivity contribution in [2.45, 2.75) is 18.5 Å². The molecule has 0 heterocycles. The van der Waals surface area contributed by atoms with Crippen LogP contribution in [0.15, 0.2) is 18.2 Å². The fourth-order valence-electron chi connectivity index (χ4n) is 1.91. The SMILES string of the molecule is NCC1CC1c1cc(Cl)cc(C(F)(F)F)c1. The Balaban J connectivity index is 2.31. The number of benzene rings is 1. The molecule has 0 radical (unpaired) electrons. The zero-order valence-electron chi connectivity index (χ0n) is 8.39. The van der Waals surface area contributed by atoms with Gasteiger partial charge in [0, 0.05) is 5.02 Å². The molecule has 1 nitrogen and oxygen atoms in total. The lowest BCUT2D eigenvalue weighted by atomic mass is 10.1. The molecule has 0 saturated heterocycles. The zero-order chi connectivity index (χ0) is 11.9. The lowest BCUT2D eigenvalue weighted by Crippen LogP contribution is -2.06. The maximum atomic E-state index is 12.5. The molecule has 1 aliphatic carbocycles. The van der Waals surface area contributed by atoms with Crippen molar-refractivity contribution in [2.75, 3.05) is 6.54 Å². The van der Waals surface area contributed by atoms with E-state index in [1.807, 2.05) is 0 Å². The van der Waals surface area contributed by atoms with Gasteiger partial charge in [-0.05, 0) is 48.6 Å². The smallest absolute Gasteiger partial charge is 0.330 e. The van der Waals surface area contributed by atoms with E-state index in [0.29, 0.717) is 18.0 Å². The molecule has 2 atom stereocenters. The van der Waals surface area contributed by atoms with Crippen LogP contribution in [-0.2, 0) is 6.18 Å². The summed E-state index contributed by atoms with van der Waals surface area (Å²) in [5.74, 6) is 0.448. The van der Waals surface area contributed by atoms with E-state index in [2.05, 4.69) is 0 Å². The summed E-state index contributed by atoms with van der Waals surface area (Å²) < 4.78 is 37.6. The highest BCUT2D eigenvalue weighted by Crippen LogP contribution is 2.48. The maximum absolute atomic E-state index is 12.5. The summed E-state index contributed by atoms with van der Waals surface area (Å²) in [6.07, 6.45) is -3.49. The Morgan fingerprint density at radius 3 is 2.50 bits per heavy atom. The summed E-state index contributed by atoms with van der Waals surface area (Å²) >= 11 is 5.69. The first kappa shape index (κ1) is 11.7. The van der Waals surface area contributed by atoms with Gasteiger partial charge >= 0.3 is 6.18 Å². The predicted octanol–water partition coefficient (Wildman–Crippen LogP) is 3.42. The minimum absolute atomic E-state index is 0.132. The van der Waals surface area contributed by atoms with Crippen LogP contribution >= 0.6 is 11.6 Å². The number of hydrogen-bond acceptors (Lipinski definition) is 1. The largest absolute Gasteiger partial charge is 0.416 e. The number of rotatable bonds is 2. The van der Waals surface area contributed by atoms with Crippen molar-refractivity contribution in [1.82, 2.24) is 0 Å². The highest BCUT2D eigenvalue weighted by molar-refractivity contribution is 6.30. The molecule has 2 unspecified atom stereocenters. The molecule has 0 spiro atoms. The third-order valence-electron chi connectivity index (χ3n) is 2.90. The predicted molar refractivity (Wildman–Crippen MR) is 56.4 cm³/mol. The molecule has 1 aliphatic rings. The van der Waals surface area contributed by atoms with E-state index in [4.69, 9.17) is 17.3 Å².